The second kappa shape index (κ2) is 6.80. The van der Waals surface area contributed by atoms with E-state index in [1.165, 1.54) is 11.1 Å². The van der Waals surface area contributed by atoms with E-state index in [0.29, 0.717) is 29.4 Å². The molecular weight excluding hydrogens is 304 g/mol. The lowest BCUT2D eigenvalue weighted by Gasteiger charge is -2.21. The third-order valence-corrected chi connectivity index (χ3v) is 4.90. The van der Waals surface area contributed by atoms with Gasteiger partial charge in [0, 0.05) is 0 Å². The van der Waals surface area contributed by atoms with Crippen LogP contribution in [-0.2, 0) is 25.7 Å². The molecule has 0 saturated carbocycles. The molecule has 1 heterocycles. The summed E-state index contributed by atoms with van der Waals surface area (Å²) in [5, 5.41) is 10.1. The third kappa shape index (κ3) is 2.74. The fourth-order valence-corrected chi connectivity index (χ4v) is 3.85. The zero-order chi connectivity index (χ0) is 17.3. The van der Waals surface area contributed by atoms with Gasteiger partial charge in [0.1, 0.15) is 5.58 Å². The van der Waals surface area contributed by atoms with Gasteiger partial charge >= 0.3 is 5.97 Å². The highest BCUT2D eigenvalue weighted by atomic mass is 16.4. The first-order valence-corrected chi connectivity index (χ1v) is 8.95. The number of carbonyl (C=O) groups is 1. The number of aryl methyl sites for hydroxylation is 2. The fraction of sp³-hybridized carbons (Fsp3) is 0.500. The summed E-state index contributed by atoms with van der Waals surface area (Å²) in [4.78, 5) is 24.6. The Morgan fingerprint density at radius 2 is 1.79 bits per heavy atom. The lowest BCUT2D eigenvalue weighted by atomic mass is 9.85. The van der Waals surface area contributed by atoms with Crippen molar-refractivity contribution in [3.05, 3.63) is 44.3 Å². The minimum Gasteiger partial charge on any atom is -0.475 e. The first-order chi connectivity index (χ1) is 11.6. The summed E-state index contributed by atoms with van der Waals surface area (Å²) in [6.07, 6.45) is 7.16. The van der Waals surface area contributed by atoms with Crippen molar-refractivity contribution in [2.24, 2.45) is 0 Å². The van der Waals surface area contributed by atoms with Gasteiger partial charge in [-0.05, 0) is 61.3 Å². The van der Waals surface area contributed by atoms with Crippen LogP contribution < -0.4 is 5.43 Å². The van der Waals surface area contributed by atoms with Crippen LogP contribution in [-0.4, -0.2) is 11.1 Å². The van der Waals surface area contributed by atoms with Crippen LogP contribution in [0.3, 0.4) is 0 Å². The van der Waals surface area contributed by atoms with Crippen molar-refractivity contribution < 1.29 is 14.3 Å². The smallest absolute Gasteiger partial charge is 0.372 e. The summed E-state index contributed by atoms with van der Waals surface area (Å²) in [5.74, 6) is -1.33. The zero-order valence-electron chi connectivity index (χ0n) is 14.4. The molecule has 1 aromatic heterocycles. The molecule has 0 atom stereocenters. The molecule has 4 nitrogen and oxygen atoms in total. The van der Waals surface area contributed by atoms with Gasteiger partial charge in [0.05, 0.1) is 10.9 Å². The number of rotatable bonds is 5. The van der Waals surface area contributed by atoms with Gasteiger partial charge in [0.25, 0.3) is 0 Å². The Hall–Kier alpha value is -2.10. The number of benzene rings is 1. The monoisotopic (exact) mass is 328 g/mol. The summed E-state index contributed by atoms with van der Waals surface area (Å²) >= 11 is 0. The minimum atomic E-state index is -1.15. The van der Waals surface area contributed by atoms with Crippen molar-refractivity contribution in [3.8, 4) is 0 Å². The van der Waals surface area contributed by atoms with Crippen molar-refractivity contribution in [1.82, 2.24) is 0 Å². The van der Waals surface area contributed by atoms with Crippen LogP contribution in [0.5, 0.6) is 0 Å². The van der Waals surface area contributed by atoms with Crippen molar-refractivity contribution in [2.45, 2.75) is 65.2 Å². The van der Waals surface area contributed by atoms with E-state index in [-0.39, 0.29) is 11.2 Å². The molecule has 0 bridgehead atoms. The number of hydrogen-bond acceptors (Lipinski definition) is 3. The average Bonchev–Trinajstić information content (AvgIpc) is 2.57. The van der Waals surface area contributed by atoms with Crippen molar-refractivity contribution in [2.75, 3.05) is 0 Å². The molecule has 1 aliphatic carbocycles. The maximum atomic E-state index is 13.0. The van der Waals surface area contributed by atoms with Crippen LogP contribution in [0.1, 0.15) is 72.3 Å². The molecule has 4 heteroatoms. The molecule has 0 unspecified atom stereocenters. The molecule has 3 rings (SSSR count). The maximum Gasteiger partial charge on any atom is 0.372 e. The van der Waals surface area contributed by atoms with E-state index in [2.05, 4.69) is 6.92 Å². The van der Waals surface area contributed by atoms with Gasteiger partial charge in [-0.3, -0.25) is 4.79 Å². The largest absolute Gasteiger partial charge is 0.475 e. The minimum absolute atomic E-state index is 0.166. The second-order valence-corrected chi connectivity index (χ2v) is 6.62. The average molecular weight is 328 g/mol. The summed E-state index contributed by atoms with van der Waals surface area (Å²) in [7, 11) is 0. The van der Waals surface area contributed by atoms with Crippen molar-refractivity contribution in [3.63, 3.8) is 0 Å². The van der Waals surface area contributed by atoms with Gasteiger partial charge in [-0.15, -0.1) is 0 Å². The molecule has 1 N–H and O–H groups in total. The highest BCUT2D eigenvalue weighted by Crippen LogP contribution is 2.32. The zero-order valence-corrected chi connectivity index (χ0v) is 14.4. The first kappa shape index (κ1) is 16.7. The Bertz CT molecular complexity index is 845. The van der Waals surface area contributed by atoms with Gasteiger partial charge in [-0.2, -0.15) is 0 Å². The van der Waals surface area contributed by atoms with Crippen molar-refractivity contribution >= 4 is 16.9 Å². The van der Waals surface area contributed by atoms with E-state index in [4.69, 9.17) is 4.42 Å². The SMILES string of the molecule is CCCc1c(C(=O)O)oc2c(CCC)c3c(cc2c1=O)CCCC3. The lowest BCUT2D eigenvalue weighted by molar-refractivity contribution is 0.0661. The molecule has 0 amide bonds. The number of fused-ring (bicyclic) bond motifs is 2. The number of aromatic carboxylic acids is 1. The molecule has 1 aliphatic rings. The Balaban J connectivity index is 2.40. The second-order valence-electron chi connectivity index (χ2n) is 6.62. The number of carboxylic acid groups (broad SMARTS) is 1. The van der Waals surface area contributed by atoms with Crippen molar-refractivity contribution in [1.29, 1.82) is 0 Å². The normalized spacial score (nSPS) is 13.9. The molecule has 0 radical (unpaired) electrons. The topological polar surface area (TPSA) is 67.5 Å². The highest BCUT2D eigenvalue weighted by Gasteiger charge is 2.24. The van der Waals surface area contributed by atoms with Gasteiger partial charge < -0.3 is 9.52 Å². The number of hydrogen-bond donors (Lipinski definition) is 1. The standard InChI is InChI=1S/C20H24O4/c1-3-7-14-13-10-6-5-9-12(13)11-16-17(21)15(8-4-2)19(20(22)23)24-18(14)16/h11H,3-10H2,1-2H3,(H,22,23). The van der Waals surface area contributed by atoms with Crippen LogP contribution in [0, 0.1) is 0 Å². The molecule has 1 aromatic carbocycles. The van der Waals surface area contributed by atoms with Gasteiger partial charge in [0.2, 0.25) is 5.76 Å². The van der Waals surface area contributed by atoms with Crippen LogP contribution in [0.2, 0.25) is 0 Å². The number of carboxylic acids is 1. The summed E-state index contributed by atoms with van der Waals surface area (Å²) in [6.45, 7) is 4.03. The Morgan fingerprint density at radius 3 is 2.46 bits per heavy atom. The van der Waals surface area contributed by atoms with Crippen LogP contribution in [0.15, 0.2) is 15.3 Å². The summed E-state index contributed by atoms with van der Waals surface area (Å²) in [6, 6.07) is 1.96. The quantitative estimate of drug-likeness (QED) is 0.890. The Labute approximate surface area is 141 Å². The van der Waals surface area contributed by atoms with E-state index in [0.717, 1.165) is 44.1 Å². The molecule has 0 saturated heterocycles. The molecular formula is C20H24O4. The van der Waals surface area contributed by atoms with Crippen LogP contribution >= 0.6 is 0 Å². The van der Waals surface area contributed by atoms with Gasteiger partial charge in [-0.1, -0.05) is 26.7 Å². The van der Waals surface area contributed by atoms with E-state index in [1.807, 2.05) is 13.0 Å². The predicted molar refractivity (Wildman–Crippen MR) is 94.1 cm³/mol. The molecule has 128 valence electrons. The van der Waals surface area contributed by atoms with Gasteiger partial charge in [-0.25, -0.2) is 4.79 Å². The Morgan fingerprint density at radius 1 is 1.12 bits per heavy atom. The van der Waals surface area contributed by atoms with Crippen LogP contribution in [0.4, 0.5) is 0 Å². The molecule has 0 aliphatic heterocycles. The van der Waals surface area contributed by atoms with E-state index < -0.39 is 5.97 Å². The van der Waals surface area contributed by atoms with Crippen LogP contribution in [0.25, 0.3) is 11.0 Å². The molecule has 2 aromatic rings. The molecule has 0 spiro atoms. The van der Waals surface area contributed by atoms with E-state index >= 15 is 0 Å². The fourth-order valence-electron chi connectivity index (χ4n) is 3.85. The van der Waals surface area contributed by atoms with Gasteiger partial charge in [0.15, 0.2) is 5.43 Å². The molecule has 24 heavy (non-hydrogen) atoms. The Kier molecular flexibility index (Phi) is 4.74. The lowest BCUT2D eigenvalue weighted by Crippen LogP contribution is -2.18. The first-order valence-electron chi connectivity index (χ1n) is 8.95. The summed E-state index contributed by atoms with van der Waals surface area (Å²) in [5.41, 5.74) is 4.21. The molecule has 0 fully saturated rings. The highest BCUT2D eigenvalue weighted by molar-refractivity contribution is 5.91. The van der Waals surface area contributed by atoms with E-state index in [1.54, 1.807) is 0 Å². The third-order valence-electron chi connectivity index (χ3n) is 4.90. The predicted octanol–water partition coefficient (Wildman–Crippen LogP) is 4.28. The van der Waals surface area contributed by atoms with E-state index in [9.17, 15) is 14.7 Å². The summed E-state index contributed by atoms with van der Waals surface area (Å²) < 4.78 is 5.84. The maximum absolute atomic E-state index is 13.0.